The summed E-state index contributed by atoms with van der Waals surface area (Å²) in [5, 5.41) is 8.80. The fraction of sp³-hybridized carbons (Fsp3) is 0.500. The molecule has 7 nitrogen and oxygen atoms in total. The number of rotatable bonds is 4. The minimum atomic E-state index is -3.70. The van der Waals surface area contributed by atoms with E-state index in [4.69, 9.17) is 10.1 Å². The first-order chi connectivity index (χ1) is 13.4. The van der Waals surface area contributed by atoms with Crippen LogP contribution in [-0.2, 0) is 23.0 Å². The molecule has 0 bridgehead atoms. The van der Waals surface area contributed by atoms with Crippen LogP contribution in [0.3, 0.4) is 0 Å². The van der Waals surface area contributed by atoms with E-state index in [-0.39, 0.29) is 4.90 Å². The molecule has 4 rings (SSSR count). The molecule has 1 aromatic heterocycles. The normalized spacial score (nSPS) is 18.0. The van der Waals surface area contributed by atoms with E-state index < -0.39 is 10.0 Å². The molecule has 2 aliphatic rings. The Morgan fingerprint density at radius 3 is 2.64 bits per heavy atom. The summed E-state index contributed by atoms with van der Waals surface area (Å²) >= 11 is 0. The van der Waals surface area contributed by atoms with Crippen molar-refractivity contribution in [3.05, 3.63) is 41.1 Å². The molecule has 0 spiro atoms. The van der Waals surface area contributed by atoms with E-state index in [0.717, 1.165) is 35.6 Å². The molecule has 1 aliphatic carbocycles. The van der Waals surface area contributed by atoms with E-state index in [2.05, 4.69) is 15.2 Å². The van der Waals surface area contributed by atoms with Crippen LogP contribution in [0.15, 0.2) is 29.2 Å². The number of aromatic nitrogens is 2. The summed E-state index contributed by atoms with van der Waals surface area (Å²) in [5.74, 6) is 1.56. The second kappa shape index (κ2) is 7.67. The molecule has 0 atom stereocenters. The van der Waals surface area contributed by atoms with Gasteiger partial charge in [0, 0.05) is 30.9 Å². The van der Waals surface area contributed by atoms with E-state index in [0.29, 0.717) is 18.5 Å². The molecule has 0 amide bonds. The monoisotopic (exact) mass is 401 g/mol. The van der Waals surface area contributed by atoms with Gasteiger partial charge in [-0.25, -0.2) is 18.5 Å². The number of nitrogens with two attached hydrogens (primary N) is 1. The molecular formula is C20H27N5O2S. The largest absolute Gasteiger partial charge is 0.352 e. The number of sulfonamides is 1. The van der Waals surface area contributed by atoms with Gasteiger partial charge >= 0.3 is 0 Å². The first-order valence-corrected chi connectivity index (χ1v) is 11.4. The maximum atomic E-state index is 11.7. The predicted molar refractivity (Wildman–Crippen MR) is 110 cm³/mol. The molecule has 3 N–H and O–H groups in total. The highest BCUT2D eigenvalue weighted by molar-refractivity contribution is 7.89. The van der Waals surface area contributed by atoms with Crippen LogP contribution < -0.4 is 15.4 Å². The lowest BCUT2D eigenvalue weighted by molar-refractivity contribution is 0.460. The molecule has 8 heteroatoms. The van der Waals surface area contributed by atoms with Gasteiger partial charge in [0.2, 0.25) is 16.0 Å². The van der Waals surface area contributed by atoms with Crippen molar-refractivity contribution in [3.63, 3.8) is 0 Å². The number of aryl methyl sites for hydroxylation is 1. The number of benzene rings is 1. The SMILES string of the molecule is Cc1cc(N2CCc3ccc(S(N)(=O)=O)cc3C2)nc(NC2CCCCC2)n1. The van der Waals surface area contributed by atoms with Gasteiger partial charge in [0.15, 0.2) is 0 Å². The minimum Gasteiger partial charge on any atom is -0.352 e. The van der Waals surface area contributed by atoms with Crippen molar-refractivity contribution in [1.29, 1.82) is 0 Å². The van der Waals surface area contributed by atoms with Crippen molar-refractivity contribution >= 4 is 21.8 Å². The van der Waals surface area contributed by atoms with Gasteiger partial charge in [-0.05, 0) is 49.4 Å². The van der Waals surface area contributed by atoms with Crippen LogP contribution >= 0.6 is 0 Å². The molecule has 0 unspecified atom stereocenters. The Bertz CT molecular complexity index is 971. The average molecular weight is 402 g/mol. The zero-order chi connectivity index (χ0) is 19.7. The van der Waals surface area contributed by atoms with E-state index in [1.165, 1.54) is 32.1 Å². The van der Waals surface area contributed by atoms with Crippen LogP contribution in [0.1, 0.15) is 48.9 Å². The van der Waals surface area contributed by atoms with Crippen molar-refractivity contribution in [2.45, 2.75) is 62.9 Å². The standard InChI is InChI=1S/C20H27N5O2S/c1-14-11-19(24-20(22-14)23-17-5-3-2-4-6-17)25-10-9-15-7-8-18(28(21,26)27)12-16(15)13-25/h7-8,11-12,17H,2-6,9-10,13H2,1H3,(H2,21,26,27)(H,22,23,24). The number of hydrogen-bond acceptors (Lipinski definition) is 6. The van der Waals surface area contributed by atoms with E-state index in [1.807, 2.05) is 19.1 Å². The van der Waals surface area contributed by atoms with E-state index in [9.17, 15) is 8.42 Å². The summed E-state index contributed by atoms with van der Waals surface area (Å²) in [4.78, 5) is 11.7. The lowest BCUT2D eigenvalue weighted by Gasteiger charge is -2.31. The second-order valence-electron chi connectivity index (χ2n) is 7.82. The van der Waals surface area contributed by atoms with Gasteiger partial charge in [0.25, 0.3) is 0 Å². The van der Waals surface area contributed by atoms with E-state index in [1.54, 1.807) is 12.1 Å². The molecule has 2 aromatic rings. The lowest BCUT2D eigenvalue weighted by atomic mass is 9.96. The van der Waals surface area contributed by atoms with Crippen molar-refractivity contribution in [1.82, 2.24) is 9.97 Å². The van der Waals surface area contributed by atoms with Gasteiger partial charge in [-0.15, -0.1) is 0 Å². The van der Waals surface area contributed by atoms with Gasteiger partial charge in [-0.2, -0.15) is 4.98 Å². The van der Waals surface area contributed by atoms with Crippen LogP contribution in [0.2, 0.25) is 0 Å². The van der Waals surface area contributed by atoms with Gasteiger partial charge in [-0.1, -0.05) is 25.3 Å². The number of nitrogens with zero attached hydrogens (tertiary/aromatic N) is 3. The van der Waals surface area contributed by atoms with Gasteiger partial charge in [-0.3, -0.25) is 0 Å². The first kappa shape index (κ1) is 19.1. The molecule has 28 heavy (non-hydrogen) atoms. The third-order valence-electron chi connectivity index (χ3n) is 5.62. The summed E-state index contributed by atoms with van der Waals surface area (Å²) in [6.07, 6.45) is 7.00. The Morgan fingerprint density at radius 1 is 1.11 bits per heavy atom. The highest BCUT2D eigenvalue weighted by Gasteiger charge is 2.21. The Kier molecular flexibility index (Phi) is 5.25. The Labute approximate surface area is 166 Å². The molecule has 1 aromatic carbocycles. The quantitative estimate of drug-likeness (QED) is 0.817. The van der Waals surface area contributed by atoms with Gasteiger partial charge in [0.1, 0.15) is 5.82 Å². The highest BCUT2D eigenvalue weighted by atomic mass is 32.2. The first-order valence-electron chi connectivity index (χ1n) is 9.90. The Morgan fingerprint density at radius 2 is 1.89 bits per heavy atom. The van der Waals surface area contributed by atoms with Crippen molar-refractivity contribution in [2.75, 3.05) is 16.8 Å². The second-order valence-corrected chi connectivity index (χ2v) is 9.38. The molecule has 1 saturated carbocycles. The number of fused-ring (bicyclic) bond motifs is 1. The lowest BCUT2D eigenvalue weighted by Crippen LogP contribution is -2.32. The van der Waals surface area contributed by atoms with Crippen LogP contribution in [-0.4, -0.2) is 31.0 Å². The maximum absolute atomic E-state index is 11.7. The number of anilines is 2. The summed E-state index contributed by atoms with van der Waals surface area (Å²) < 4.78 is 23.4. The topological polar surface area (TPSA) is 101 Å². The summed E-state index contributed by atoms with van der Waals surface area (Å²) in [7, 11) is -3.70. The number of hydrogen-bond donors (Lipinski definition) is 2. The average Bonchev–Trinajstić information content (AvgIpc) is 2.67. The van der Waals surface area contributed by atoms with Crippen LogP contribution in [0.4, 0.5) is 11.8 Å². The molecule has 150 valence electrons. The molecule has 2 heterocycles. The molecule has 0 radical (unpaired) electrons. The van der Waals surface area contributed by atoms with Crippen molar-refractivity contribution in [3.8, 4) is 0 Å². The zero-order valence-corrected chi connectivity index (χ0v) is 17.0. The summed E-state index contributed by atoms with van der Waals surface area (Å²) in [6.45, 7) is 3.42. The molecule has 1 fully saturated rings. The van der Waals surface area contributed by atoms with Crippen LogP contribution in [0.5, 0.6) is 0 Å². The fourth-order valence-corrected chi connectivity index (χ4v) is 4.68. The molecular weight excluding hydrogens is 374 g/mol. The van der Waals surface area contributed by atoms with Crippen molar-refractivity contribution in [2.24, 2.45) is 5.14 Å². The van der Waals surface area contributed by atoms with Crippen LogP contribution in [0.25, 0.3) is 0 Å². The minimum absolute atomic E-state index is 0.159. The van der Waals surface area contributed by atoms with Crippen LogP contribution in [0, 0.1) is 6.92 Å². The summed E-state index contributed by atoms with van der Waals surface area (Å²) in [6, 6.07) is 7.58. The zero-order valence-electron chi connectivity index (χ0n) is 16.2. The number of primary sulfonamides is 1. The highest BCUT2D eigenvalue weighted by Crippen LogP contribution is 2.27. The van der Waals surface area contributed by atoms with Gasteiger partial charge in [0.05, 0.1) is 4.90 Å². The summed E-state index contributed by atoms with van der Waals surface area (Å²) in [5.41, 5.74) is 3.07. The van der Waals surface area contributed by atoms with Gasteiger partial charge < -0.3 is 10.2 Å². The third-order valence-corrected chi connectivity index (χ3v) is 6.53. The van der Waals surface area contributed by atoms with E-state index >= 15 is 0 Å². The Hall–Kier alpha value is -2.19. The predicted octanol–water partition coefficient (Wildman–Crippen LogP) is 2.74. The molecule has 0 saturated heterocycles. The Balaban J connectivity index is 1.56. The molecule has 1 aliphatic heterocycles. The fourth-order valence-electron chi connectivity index (χ4n) is 4.11. The van der Waals surface area contributed by atoms with Crippen molar-refractivity contribution < 1.29 is 8.42 Å². The number of nitrogens with one attached hydrogen (secondary N) is 1. The third kappa shape index (κ3) is 4.28. The smallest absolute Gasteiger partial charge is 0.238 e. The maximum Gasteiger partial charge on any atom is 0.238 e.